The van der Waals surface area contributed by atoms with Gasteiger partial charge in [-0.15, -0.1) is 0 Å². The van der Waals surface area contributed by atoms with Gasteiger partial charge in [0, 0.05) is 18.4 Å². The highest BCUT2D eigenvalue weighted by Gasteiger charge is 2.17. The molecule has 2 N–H and O–H groups in total. The molecule has 0 spiro atoms. The van der Waals surface area contributed by atoms with E-state index in [0.717, 1.165) is 0 Å². The van der Waals surface area contributed by atoms with Crippen LogP contribution in [0.25, 0.3) is 0 Å². The molecule has 0 fully saturated rings. The first-order valence-corrected chi connectivity index (χ1v) is 7.53. The Kier molecular flexibility index (Phi) is 7.45. The number of carbonyl (C=O) groups excluding carboxylic acids is 1. The lowest BCUT2D eigenvalue weighted by molar-refractivity contribution is -0.140. The molecule has 0 aromatic heterocycles. The molecule has 6 nitrogen and oxygen atoms in total. The molecule has 7 heteroatoms. The van der Waals surface area contributed by atoms with Crippen LogP contribution in [0, 0.1) is 0 Å². The SMILES string of the molecule is COc1ccccc1OCCSC[C@H](NC(C)=O)C(=O)O. The Balaban J connectivity index is 2.30. The summed E-state index contributed by atoms with van der Waals surface area (Å²) in [7, 11) is 1.57. The molecule has 1 aromatic carbocycles. The lowest BCUT2D eigenvalue weighted by Crippen LogP contribution is -2.41. The molecule has 0 heterocycles. The van der Waals surface area contributed by atoms with Gasteiger partial charge >= 0.3 is 5.97 Å². The molecule has 0 aliphatic rings. The number of thioether (sulfide) groups is 1. The van der Waals surface area contributed by atoms with Crippen molar-refractivity contribution in [3.63, 3.8) is 0 Å². The minimum atomic E-state index is -1.04. The second kappa shape index (κ2) is 9.12. The van der Waals surface area contributed by atoms with Crippen molar-refractivity contribution in [1.82, 2.24) is 5.32 Å². The van der Waals surface area contributed by atoms with E-state index in [1.807, 2.05) is 12.1 Å². The Labute approximate surface area is 127 Å². The summed E-state index contributed by atoms with van der Waals surface area (Å²) < 4.78 is 10.7. The van der Waals surface area contributed by atoms with E-state index >= 15 is 0 Å². The van der Waals surface area contributed by atoms with Gasteiger partial charge in [0.1, 0.15) is 6.04 Å². The Morgan fingerprint density at radius 1 is 1.33 bits per heavy atom. The number of aliphatic carboxylic acids is 1. The van der Waals surface area contributed by atoms with Crippen molar-refractivity contribution in [2.45, 2.75) is 13.0 Å². The van der Waals surface area contributed by atoms with Crippen molar-refractivity contribution >= 4 is 23.6 Å². The lowest BCUT2D eigenvalue weighted by Gasteiger charge is -2.13. The number of carboxylic acid groups (broad SMARTS) is 1. The van der Waals surface area contributed by atoms with Gasteiger partial charge in [-0.1, -0.05) is 12.1 Å². The maximum atomic E-state index is 10.9. The summed E-state index contributed by atoms with van der Waals surface area (Å²) in [5, 5.41) is 11.3. The van der Waals surface area contributed by atoms with Crippen molar-refractivity contribution in [2.75, 3.05) is 25.2 Å². The molecule has 0 unspecified atom stereocenters. The largest absolute Gasteiger partial charge is 0.493 e. The van der Waals surface area contributed by atoms with Crippen LogP contribution >= 0.6 is 11.8 Å². The van der Waals surface area contributed by atoms with E-state index < -0.39 is 12.0 Å². The van der Waals surface area contributed by atoms with Crippen LogP contribution in [-0.2, 0) is 9.59 Å². The van der Waals surface area contributed by atoms with Gasteiger partial charge in [0.2, 0.25) is 5.91 Å². The molecular weight excluding hydrogens is 294 g/mol. The molecule has 0 saturated carbocycles. The third kappa shape index (κ3) is 6.40. The standard InChI is InChI=1S/C14H19NO5S/c1-10(16)15-11(14(17)18)9-21-8-7-20-13-6-4-3-5-12(13)19-2/h3-6,11H,7-9H2,1-2H3,(H,15,16)(H,17,18)/t11-/m0/s1. The maximum absolute atomic E-state index is 10.9. The average molecular weight is 313 g/mol. The number of hydrogen-bond acceptors (Lipinski definition) is 5. The molecular formula is C14H19NO5S. The van der Waals surface area contributed by atoms with Crippen LogP contribution in [0.2, 0.25) is 0 Å². The van der Waals surface area contributed by atoms with Crippen molar-refractivity contribution < 1.29 is 24.2 Å². The quantitative estimate of drug-likeness (QED) is 0.670. The minimum absolute atomic E-state index is 0.296. The first kappa shape index (κ1) is 17.2. The molecule has 1 atom stereocenters. The number of carbonyl (C=O) groups is 2. The third-order valence-corrected chi connectivity index (χ3v) is 3.54. The van der Waals surface area contributed by atoms with Crippen molar-refractivity contribution in [1.29, 1.82) is 0 Å². The molecule has 1 rings (SSSR count). The van der Waals surface area contributed by atoms with Crippen molar-refractivity contribution in [2.24, 2.45) is 0 Å². The lowest BCUT2D eigenvalue weighted by atomic mass is 10.3. The first-order chi connectivity index (χ1) is 10.0. The molecule has 0 aliphatic carbocycles. The Bertz CT molecular complexity index is 480. The second-order valence-corrected chi connectivity index (χ2v) is 5.32. The fourth-order valence-electron chi connectivity index (χ4n) is 1.57. The fourth-order valence-corrected chi connectivity index (χ4v) is 2.40. The summed E-state index contributed by atoms with van der Waals surface area (Å²) in [5.41, 5.74) is 0. The topological polar surface area (TPSA) is 84.9 Å². The van der Waals surface area contributed by atoms with Crippen LogP contribution in [0.4, 0.5) is 0 Å². The zero-order valence-corrected chi connectivity index (χ0v) is 12.8. The molecule has 0 saturated heterocycles. The van der Waals surface area contributed by atoms with E-state index in [0.29, 0.717) is 29.6 Å². The van der Waals surface area contributed by atoms with Gasteiger partial charge in [-0.05, 0) is 12.1 Å². The third-order valence-electron chi connectivity index (χ3n) is 2.51. The maximum Gasteiger partial charge on any atom is 0.327 e. The number of ether oxygens (including phenoxy) is 2. The summed E-state index contributed by atoms with van der Waals surface area (Å²) in [4.78, 5) is 21.8. The summed E-state index contributed by atoms with van der Waals surface area (Å²) in [6.45, 7) is 1.73. The summed E-state index contributed by atoms with van der Waals surface area (Å²) in [6, 6.07) is 6.44. The number of hydrogen-bond donors (Lipinski definition) is 2. The molecule has 0 aliphatic heterocycles. The van der Waals surface area contributed by atoms with E-state index in [1.165, 1.54) is 18.7 Å². The zero-order valence-electron chi connectivity index (χ0n) is 12.0. The van der Waals surface area contributed by atoms with E-state index in [-0.39, 0.29) is 5.91 Å². The zero-order chi connectivity index (χ0) is 15.7. The van der Waals surface area contributed by atoms with Gasteiger partial charge in [0.25, 0.3) is 0 Å². The number of nitrogens with one attached hydrogen (secondary N) is 1. The number of para-hydroxylation sites is 2. The average Bonchev–Trinajstić information content (AvgIpc) is 2.45. The predicted molar refractivity (Wildman–Crippen MR) is 81.1 cm³/mol. The van der Waals surface area contributed by atoms with Gasteiger partial charge in [0.15, 0.2) is 11.5 Å². The molecule has 21 heavy (non-hydrogen) atoms. The van der Waals surface area contributed by atoms with Crippen LogP contribution in [0.15, 0.2) is 24.3 Å². The van der Waals surface area contributed by atoms with Crippen LogP contribution < -0.4 is 14.8 Å². The summed E-state index contributed by atoms with van der Waals surface area (Å²) in [6.07, 6.45) is 0. The van der Waals surface area contributed by atoms with E-state index in [4.69, 9.17) is 14.6 Å². The number of benzene rings is 1. The molecule has 1 amide bonds. The van der Waals surface area contributed by atoms with Crippen LogP contribution in [0.5, 0.6) is 11.5 Å². The normalized spacial score (nSPS) is 11.5. The number of rotatable bonds is 9. The summed E-state index contributed by atoms with van der Waals surface area (Å²) in [5.74, 6) is 0.823. The molecule has 0 radical (unpaired) electrons. The second-order valence-electron chi connectivity index (χ2n) is 4.17. The Morgan fingerprint density at radius 2 is 2.00 bits per heavy atom. The van der Waals surface area contributed by atoms with E-state index in [1.54, 1.807) is 19.2 Å². The van der Waals surface area contributed by atoms with E-state index in [9.17, 15) is 9.59 Å². The van der Waals surface area contributed by atoms with Crippen LogP contribution in [-0.4, -0.2) is 48.2 Å². The van der Waals surface area contributed by atoms with Gasteiger partial charge < -0.3 is 19.9 Å². The smallest absolute Gasteiger partial charge is 0.327 e. The monoisotopic (exact) mass is 313 g/mol. The highest BCUT2D eigenvalue weighted by atomic mass is 32.2. The number of methoxy groups -OCH3 is 1. The van der Waals surface area contributed by atoms with Crippen LogP contribution in [0.1, 0.15) is 6.92 Å². The number of amides is 1. The van der Waals surface area contributed by atoms with Crippen molar-refractivity contribution in [3.05, 3.63) is 24.3 Å². The highest BCUT2D eigenvalue weighted by molar-refractivity contribution is 7.99. The summed E-state index contributed by atoms with van der Waals surface area (Å²) >= 11 is 1.40. The van der Waals surface area contributed by atoms with Gasteiger partial charge in [-0.3, -0.25) is 4.79 Å². The van der Waals surface area contributed by atoms with Gasteiger partial charge in [-0.2, -0.15) is 11.8 Å². The predicted octanol–water partition coefficient (Wildman–Crippen LogP) is 1.40. The first-order valence-electron chi connectivity index (χ1n) is 6.38. The minimum Gasteiger partial charge on any atom is -0.493 e. The Hall–Kier alpha value is -1.89. The van der Waals surface area contributed by atoms with Gasteiger partial charge in [-0.25, -0.2) is 4.79 Å². The molecule has 0 bridgehead atoms. The molecule has 116 valence electrons. The van der Waals surface area contributed by atoms with Gasteiger partial charge in [0.05, 0.1) is 13.7 Å². The highest BCUT2D eigenvalue weighted by Crippen LogP contribution is 2.25. The van der Waals surface area contributed by atoms with Crippen molar-refractivity contribution in [3.8, 4) is 11.5 Å². The van der Waals surface area contributed by atoms with E-state index in [2.05, 4.69) is 5.32 Å². The Morgan fingerprint density at radius 3 is 2.57 bits per heavy atom. The molecule has 1 aromatic rings. The number of carboxylic acids is 1. The van der Waals surface area contributed by atoms with Crippen LogP contribution in [0.3, 0.4) is 0 Å². The fraction of sp³-hybridized carbons (Fsp3) is 0.429.